The van der Waals surface area contributed by atoms with Gasteiger partial charge >= 0.3 is 126 Å². The van der Waals surface area contributed by atoms with E-state index in [2.05, 4.69) is 10.7 Å². The first-order valence-electron chi connectivity index (χ1n) is 7.57. The number of nitrogens with zero attached hydrogens (tertiary/aromatic N) is 2. The van der Waals surface area contributed by atoms with Crippen molar-refractivity contribution >= 4 is 18.2 Å². The first-order chi connectivity index (χ1) is 10.2. The molecule has 0 saturated carbocycles. The molecule has 0 aliphatic carbocycles. The predicted molar refractivity (Wildman–Crippen MR) is 81.2 cm³/mol. The van der Waals surface area contributed by atoms with E-state index in [0.29, 0.717) is 13.0 Å². The topological polar surface area (TPSA) is 71.0 Å². The van der Waals surface area contributed by atoms with Gasteiger partial charge in [-0.25, -0.2) is 0 Å². The zero-order valence-electron chi connectivity index (χ0n) is 13.8. The van der Waals surface area contributed by atoms with Crippen molar-refractivity contribution in [1.29, 1.82) is 0 Å². The zero-order chi connectivity index (χ0) is 16.9. The number of hydrogen-bond acceptors (Lipinski definition) is 4. The summed E-state index contributed by atoms with van der Waals surface area (Å²) in [5.41, 5.74) is -0.567. The summed E-state index contributed by atoms with van der Waals surface area (Å²) in [7, 11) is 0. The van der Waals surface area contributed by atoms with Gasteiger partial charge in [0.1, 0.15) is 0 Å². The van der Waals surface area contributed by atoms with Crippen LogP contribution in [0, 0.1) is 5.92 Å². The van der Waals surface area contributed by atoms with Gasteiger partial charge in [0.25, 0.3) is 0 Å². The quantitative estimate of drug-likeness (QED) is 0.538. The van der Waals surface area contributed by atoms with Crippen LogP contribution < -0.4 is 5.32 Å². The maximum atomic E-state index is 12.5. The van der Waals surface area contributed by atoms with Crippen LogP contribution in [0.1, 0.15) is 47.5 Å². The molecule has 1 aliphatic rings. The molecule has 1 aliphatic heterocycles. The zero-order valence-corrected chi connectivity index (χ0v) is 16.0. The van der Waals surface area contributed by atoms with E-state index in [1.165, 1.54) is 4.90 Å². The average molecular weight is 558 g/mol. The van der Waals surface area contributed by atoms with Crippen molar-refractivity contribution in [3.63, 3.8) is 0 Å². The van der Waals surface area contributed by atoms with E-state index >= 15 is 0 Å². The number of nitrogens with one attached hydrogen (secondary N) is 1. The second kappa shape index (κ2) is 6.91. The number of likely N-dealkylation sites (tertiary alicyclic amines) is 1. The van der Waals surface area contributed by atoms with Crippen LogP contribution in [0.5, 0.6) is 0 Å². The van der Waals surface area contributed by atoms with Crippen molar-refractivity contribution in [3.8, 4) is 0 Å². The van der Waals surface area contributed by atoms with Crippen molar-refractivity contribution in [3.05, 3.63) is 0 Å². The number of hydrogen-bond donors (Lipinski definition) is 1. The molecule has 7 heteroatoms. The molecule has 0 unspecified atom stereocenters. The number of amides is 2. The monoisotopic (exact) mass is 558 g/mol. The van der Waals surface area contributed by atoms with Crippen LogP contribution >= 0.6 is 0 Å². The van der Waals surface area contributed by atoms with Gasteiger partial charge in [-0.15, -0.1) is 0 Å². The molecular formula is C15H26LrN3O3. The van der Waals surface area contributed by atoms with Crippen LogP contribution in [0.2, 0.25) is 0 Å². The Morgan fingerprint density at radius 3 is 2.64 bits per heavy atom. The average Bonchev–Trinajstić information content (AvgIpc) is 2.78. The van der Waals surface area contributed by atoms with Gasteiger partial charge in [-0.05, 0) is 0 Å². The second-order valence-corrected chi connectivity index (χ2v) is 7.28. The summed E-state index contributed by atoms with van der Waals surface area (Å²) in [5.74, 6) is 0.135. The van der Waals surface area contributed by atoms with Gasteiger partial charge in [-0.3, -0.25) is 0 Å². The van der Waals surface area contributed by atoms with E-state index in [9.17, 15) is 9.59 Å². The molecule has 0 radical (unpaired) electrons. The third kappa shape index (κ3) is 4.75. The molecule has 2 amide bonds. The molecule has 0 spiro atoms. The molecule has 0 aromatic rings. The Hall–Kier alpha value is -2.59. The van der Waals surface area contributed by atoms with Crippen LogP contribution in [0.25, 0.3) is 0 Å². The van der Waals surface area contributed by atoms with Gasteiger partial charge in [0.15, 0.2) is 0 Å². The van der Waals surface area contributed by atoms with Gasteiger partial charge in [-0.2, -0.15) is 0 Å². The molecule has 1 saturated heterocycles. The predicted octanol–water partition coefficient (Wildman–Crippen LogP) is 2.06. The molecule has 6 nitrogen and oxygen atoms in total. The van der Waals surface area contributed by atoms with Crippen LogP contribution in [0.3, 0.4) is 0 Å². The summed E-state index contributed by atoms with van der Waals surface area (Å²) in [6.45, 7) is 10.0. The minimum absolute atomic E-state index is 0.117. The number of ether oxygens (including phenoxy) is 1. The minimum atomic E-state index is -0.567. The van der Waals surface area contributed by atoms with Crippen LogP contribution in [-0.2, 0) is 9.53 Å². The van der Waals surface area contributed by atoms with E-state index in [1.54, 1.807) is 6.21 Å². The van der Waals surface area contributed by atoms with E-state index in [4.69, 9.17) is 4.74 Å². The van der Waals surface area contributed by atoms with E-state index < -0.39 is 17.7 Å². The molecule has 3 atom stereocenters. The first kappa shape index (κ1) is 17.5. The summed E-state index contributed by atoms with van der Waals surface area (Å²) < 4.78 is 7.48. The van der Waals surface area contributed by atoms with Crippen molar-refractivity contribution < 1.29 is 14.3 Å². The number of carbonyl (C=O) groups excluding carboxylic acids is 2. The van der Waals surface area contributed by atoms with Gasteiger partial charge in [0.05, 0.1) is 0 Å². The van der Waals surface area contributed by atoms with Crippen LogP contribution in [0.15, 0.2) is 5.41 Å². The Kier molecular flexibility index (Phi) is 5.49. The standard InChI is InChI=1S/C15H26N3O3.Lr/c1-6-11(8-16)17-13(19)12-7-10(2)9-18(12)14(20)21-15(3,4)5;/h8,10-12H,6-7,9H2,1-5H3,(H,17,19);/q-1;+1/t10-,11+,12+;/m1./s1. The normalized spacial score (nSPS) is 23.7. The molecule has 1 N–H and O–H groups in total. The van der Waals surface area contributed by atoms with Gasteiger partial charge < -0.3 is 0 Å². The second-order valence-electron chi connectivity index (χ2n) is 6.73. The van der Waals surface area contributed by atoms with Crippen molar-refractivity contribution in [1.82, 2.24) is 10.2 Å². The van der Waals surface area contributed by atoms with Gasteiger partial charge in [0, 0.05) is 0 Å². The fraction of sp³-hybridized carbons (Fsp3) is 0.800. The molecule has 1 heterocycles. The van der Waals surface area contributed by atoms with Crippen LogP contribution in [-0.4, -0.2) is 47.3 Å². The summed E-state index contributed by atoms with van der Waals surface area (Å²) in [6.07, 6.45) is 2.67. The van der Waals surface area contributed by atoms with Crippen molar-refractivity contribution in [2.24, 2.45) is 11.3 Å². The Bertz CT molecular complexity index is 434. The van der Waals surface area contributed by atoms with Crippen LogP contribution in [0.4, 0.5) is 4.79 Å². The molecule has 0 aromatic heterocycles. The molecule has 134 valence electrons. The summed E-state index contributed by atoms with van der Waals surface area (Å²) in [4.78, 5) is 26.3. The fourth-order valence-corrected chi connectivity index (χ4v) is 2.77. The molecule has 1 fully saturated rings. The number of rotatable bonds is 4. The fourth-order valence-electron chi connectivity index (χ4n) is 2.39. The van der Waals surface area contributed by atoms with E-state index in [-0.39, 0.29) is 17.9 Å². The van der Waals surface area contributed by atoms with Gasteiger partial charge in [-0.1, -0.05) is 0 Å². The van der Waals surface area contributed by atoms with E-state index in [1.807, 2.05) is 34.6 Å². The summed E-state index contributed by atoms with van der Waals surface area (Å²) >= 11 is 0. The van der Waals surface area contributed by atoms with Gasteiger partial charge in [0.2, 0.25) is 0 Å². The Morgan fingerprint density at radius 2 is 2.14 bits per heavy atom. The maximum absolute atomic E-state index is 12.5. The first-order valence-corrected chi connectivity index (χ1v) is 8.53. The SMILES string of the molecule is CC[C@@H](/C=[N]/[Lr])NC(=O)[C@@H]1C[C@@H](C)CN1C(=O)OC(C)(C)C. The molecule has 0 aromatic carbocycles. The molecule has 22 heavy (non-hydrogen) atoms. The summed E-state index contributed by atoms with van der Waals surface area (Å²) in [6, 6.07) is -0.590. The molecule has 1 rings (SSSR count). The molecule has 0 bridgehead atoms. The van der Waals surface area contributed by atoms with Crippen molar-refractivity contribution in [2.75, 3.05) is 6.54 Å². The third-order valence-electron chi connectivity index (χ3n) is 3.43. The van der Waals surface area contributed by atoms with Crippen molar-refractivity contribution in [2.45, 2.75) is 65.1 Å². The third-order valence-corrected chi connectivity index (χ3v) is 3.75. The Labute approximate surface area is 126 Å². The number of carbonyl (C=O) groups is 2. The Morgan fingerprint density at radius 1 is 1.50 bits per heavy atom. The Balaban J connectivity index is 2.77. The molecular weight excluding hydrogens is 532 g/mol. The van der Waals surface area contributed by atoms with E-state index in [0.717, 1.165) is 6.42 Å². The summed E-state index contributed by atoms with van der Waals surface area (Å²) in [5, 5.41) is 6.83.